The van der Waals surface area contributed by atoms with Gasteiger partial charge in [0, 0.05) is 15.6 Å². The molecular weight excluding hydrogens is 591 g/mol. The molecule has 0 amide bonds. The van der Waals surface area contributed by atoms with E-state index in [2.05, 4.69) is 28.7 Å². The zero-order valence-electron chi connectivity index (χ0n) is 16.1. The number of nitriles is 1. The van der Waals surface area contributed by atoms with Gasteiger partial charge < -0.3 is 9.47 Å². The van der Waals surface area contributed by atoms with Crippen molar-refractivity contribution >= 4 is 80.6 Å². The van der Waals surface area contributed by atoms with Gasteiger partial charge >= 0.3 is 0 Å². The highest BCUT2D eigenvalue weighted by Crippen LogP contribution is 2.36. The summed E-state index contributed by atoms with van der Waals surface area (Å²) < 4.78 is 12.3. The average molecular weight is 605 g/mol. The zero-order valence-corrected chi connectivity index (χ0v) is 21.2. The van der Waals surface area contributed by atoms with E-state index >= 15 is 0 Å². The molecule has 3 rings (SSSR count). The maximum absolute atomic E-state index is 9.63. The van der Waals surface area contributed by atoms with Gasteiger partial charge in [0.15, 0.2) is 11.5 Å². The second-order valence-corrected chi connectivity index (χ2v) is 9.18. The summed E-state index contributed by atoms with van der Waals surface area (Å²) in [7, 11) is 1.56. The van der Waals surface area contributed by atoms with Gasteiger partial charge in [0.05, 0.1) is 32.4 Å². The predicted molar refractivity (Wildman–Crippen MR) is 136 cm³/mol. The van der Waals surface area contributed by atoms with Gasteiger partial charge in [-0.15, -0.1) is 0 Å². The third kappa shape index (κ3) is 6.00. The van der Waals surface area contributed by atoms with Crippen molar-refractivity contribution in [2.75, 3.05) is 7.11 Å². The molecule has 158 valence electrons. The van der Waals surface area contributed by atoms with Gasteiger partial charge in [0.1, 0.15) is 6.61 Å². The van der Waals surface area contributed by atoms with Gasteiger partial charge in [-0.05, 0) is 76.2 Å². The van der Waals surface area contributed by atoms with E-state index in [4.69, 9.17) is 55.9 Å². The normalized spacial score (nSPS) is 11.2. The molecule has 0 atom stereocenters. The summed E-state index contributed by atoms with van der Waals surface area (Å²) in [6, 6.07) is 16.2. The van der Waals surface area contributed by atoms with Crippen LogP contribution < -0.4 is 9.47 Å². The molecule has 0 aliphatic rings. The number of allylic oxidation sites excluding steroid dienone is 1. The van der Waals surface area contributed by atoms with Crippen LogP contribution in [0.5, 0.6) is 11.5 Å². The van der Waals surface area contributed by atoms with Crippen molar-refractivity contribution in [3.05, 3.63) is 88.9 Å². The molecule has 0 saturated carbocycles. The Morgan fingerprint density at radius 2 is 1.77 bits per heavy atom. The minimum absolute atomic E-state index is 0.254. The molecule has 0 aliphatic heterocycles. The lowest BCUT2D eigenvalue weighted by Gasteiger charge is -2.14. The minimum Gasteiger partial charge on any atom is -0.493 e. The Morgan fingerprint density at radius 1 is 1.00 bits per heavy atom. The van der Waals surface area contributed by atoms with E-state index in [-0.39, 0.29) is 6.61 Å². The smallest absolute Gasteiger partial charge is 0.174 e. The van der Waals surface area contributed by atoms with Gasteiger partial charge in [-0.2, -0.15) is 5.26 Å². The maximum atomic E-state index is 9.63. The molecule has 0 heterocycles. The summed E-state index contributed by atoms with van der Waals surface area (Å²) in [5.74, 6) is 1.12. The maximum Gasteiger partial charge on any atom is 0.174 e. The zero-order chi connectivity index (χ0) is 22.5. The van der Waals surface area contributed by atoms with Crippen molar-refractivity contribution in [3.8, 4) is 17.6 Å². The second kappa shape index (κ2) is 10.8. The highest BCUT2D eigenvalue weighted by Gasteiger charge is 2.13. The van der Waals surface area contributed by atoms with E-state index < -0.39 is 0 Å². The number of benzene rings is 3. The van der Waals surface area contributed by atoms with Crippen molar-refractivity contribution in [1.29, 1.82) is 5.26 Å². The number of hydrogen-bond acceptors (Lipinski definition) is 3. The SMILES string of the molecule is COc1cc(/C=C(/C#N)c2ccc(Cl)c(Cl)c2)cc(I)c1OCc1ccc(Cl)cc1Cl. The van der Waals surface area contributed by atoms with Gasteiger partial charge in [-0.3, -0.25) is 0 Å². The molecule has 0 aromatic heterocycles. The Morgan fingerprint density at radius 3 is 2.42 bits per heavy atom. The van der Waals surface area contributed by atoms with Crippen LogP contribution in [0.15, 0.2) is 48.5 Å². The summed E-state index contributed by atoms with van der Waals surface area (Å²) >= 11 is 26.4. The number of rotatable bonds is 6. The molecule has 0 unspecified atom stereocenters. The van der Waals surface area contributed by atoms with Crippen molar-refractivity contribution in [3.63, 3.8) is 0 Å². The molecule has 0 aliphatic carbocycles. The number of methoxy groups -OCH3 is 1. The molecule has 31 heavy (non-hydrogen) atoms. The van der Waals surface area contributed by atoms with E-state index in [1.807, 2.05) is 12.1 Å². The second-order valence-electron chi connectivity index (χ2n) is 6.36. The van der Waals surface area contributed by atoms with E-state index in [0.717, 1.165) is 14.7 Å². The Kier molecular flexibility index (Phi) is 8.37. The first-order chi connectivity index (χ1) is 14.8. The number of nitrogens with zero attached hydrogens (tertiary/aromatic N) is 1. The quantitative estimate of drug-likeness (QED) is 0.161. The van der Waals surface area contributed by atoms with Crippen LogP contribution in [0.2, 0.25) is 20.1 Å². The Balaban J connectivity index is 1.91. The molecule has 0 saturated heterocycles. The number of halogens is 5. The molecular formula is C23H14Cl4INO2. The van der Waals surface area contributed by atoms with Crippen LogP contribution in [0.4, 0.5) is 0 Å². The Labute approximate surface area is 214 Å². The summed E-state index contributed by atoms with van der Waals surface area (Å²) in [6.07, 6.45) is 1.75. The van der Waals surface area contributed by atoms with Crippen LogP contribution >= 0.6 is 69.0 Å². The first kappa shape index (κ1) is 24.0. The topological polar surface area (TPSA) is 42.2 Å². The first-order valence-electron chi connectivity index (χ1n) is 8.84. The van der Waals surface area contributed by atoms with Crippen molar-refractivity contribution in [1.82, 2.24) is 0 Å². The predicted octanol–water partition coefficient (Wildman–Crippen LogP) is 8.56. The molecule has 3 aromatic rings. The fourth-order valence-electron chi connectivity index (χ4n) is 2.76. The van der Waals surface area contributed by atoms with Crippen molar-refractivity contribution in [2.24, 2.45) is 0 Å². The largest absolute Gasteiger partial charge is 0.493 e. The number of ether oxygens (including phenoxy) is 2. The van der Waals surface area contributed by atoms with E-state index in [9.17, 15) is 5.26 Å². The molecule has 8 heteroatoms. The summed E-state index contributed by atoms with van der Waals surface area (Å²) in [4.78, 5) is 0. The fourth-order valence-corrected chi connectivity index (χ4v) is 4.30. The molecule has 0 radical (unpaired) electrons. The van der Waals surface area contributed by atoms with Crippen molar-refractivity contribution < 1.29 is 9.47 Å². The summed E-state index contributed by atoms with van der Waals surface area (Å²) in [6.45, 7) is 0.254. The van der Waals surface area contributed by atoms with Crippen LogP contribution in [-0.4, -0.2) is 7.11 Å². The highest BCUT2D eigenvalue weighted by atomic mass is 127. The van der Waals surface area contributed by atoms with E-state index in [0.29, 0.717) is 42.7 Å². The molecule has 3 aromatic carbocycles. The van der Waals surface area contributed by atoms with Crippen molar-refractivity contribution in [2.45, 2.75) is 6.61 Å². The van der Waals surface area contributed by atoms with Gasteiger partial charge in [-0.1, -0.05) is 58.5 Å². The van der Waals surface area contributed by atoms with Gasteiger partial charge in [-0.25, -0.2) is 0 Å². The standard InChI is InChI=1S/C23H14Cl4INO2/c1-30-22-8-13(6-16(11-29)14-3-5-18(25)20(27)9-14)7-21(28)23(22)31-12-15-2-4-17(24)10-19(15)26/h2-10H,12H2,1H3/b16-6-. The monoisotopic (exact) mass is 603 g/mol. The lowest BCUT2D eigenvalue weighted by Crippen LogP contribution is -2.01. The van der Waals surface area contributed by atoms with Crippen LogP contribution in [0, 0.1) is 14.9 Å². The molecule has 0 fully saturated rings. The van der Waals surface area contributed by atoms with Crippen LogP contribution in [0.1, 0.15) is 16.7 Å². The van der Waals surface area contributed by atoms with Gasteiger partial charge in [0.2, 0.25) is 0 Å². The molecule has 3 nitrogen and oxygen atoms in total. The minimum atomic E-state index is 0.254. The average Bonchev–Trinajstić information content (AvgIpc) is 2.74. The Bertz CT molecular complexity index is 1200. The first-order valence-corrected chi connectivity index (χ1v) is 11.4. The fraction of sp³-hybridized carbons (Fsp3) is 0.0870. The number of hydrogen-bond donors (Lipinski definition) is 0. The Hall–Kier alpha value is -1.62. The van der Waals surface area contributed by atoms with E-state index in [1.165, 1.54) is 0 Å². The van der Waals surface area contributed by atoms with Crippen LogP contribution in [-0.2, 0) is 6.61 Å². The third-order valence-electron chi connectivity index (χ3n) is 4.30. The summed E-state index contributed by atoms with van der Waals surface area (Å²) in [5.41, 5.74) is 2.70. The molecule has 0 bridgehead atoms. The van der Waals surface area contributed by atoms with Crippen LogP contribution in [0.25, 0.3) is 11.6 Å². The third-order valence-corrected chi connectivity index (χ3v) is 6.43. The summed E-state index contributed by atoms with van der Waals surface area (Å²) in [5, 5.41) is 11.5. The van der Waals surface area contributed by atoms with E-state index in [1.54, 1.807) is 49.6 Å². The van der Waals surface area contributed by atoms with Crippen LogP contribution in [0.3, 0.4) is 0 Å². The molecule has 0 spiro atoms. The van der Waals surface area contributed by atoms with Gasteiger partial charge in [0.25, 0.3) is 0 Å². The molecule has 0 N–H and O–H groups in total. The lowest BCUT2D eigenvalue weighted by atomic mass is 10.0. The highest BCUT2D eigenvalue weighted by molar-refractivity contribution is 14.1. The lowest BCUT2D eigenvalue weighted by molar-refractivity contribution is 0.282.